The molecule has 6 heteroatoms. The molecule has 27 heavy (non-hydrogen) atoms. The molecule has 0 radical (unpaired) electrons. The van der Waals surface area contributed by atoms with Crippen molar-refractivity contribution in [3.05, 3.63) is 54.4 Å². The van der Waals surface area contributed by atoms with Gasteiger partial charge in [-0.25, -0.2) is 9.19 Å². The molecule has 0 spiro atoms. The predicted octanol–water partition coefficient (Wildman–Crippen LogP) is 5.26. The number of nitrogens with zero attached hydrogens (tertiary/aromatic N) is 3. The first-order valence-electron chi connectivity index (χ1n) is 8.87. The summed E-state index contributed by atoms with van der Waals surface area (Å²) in [5.74, 6) is 0.725. The van der Waals surface area contributed by atoms with Crippen molar-refractivity contribution in [1.82, 2.24) is 15.2 Å². The van der Waals surface area contributed by atoms with Crippen LogP contribution in [-0.4, -0.2) is 31.9 Å². The highest BCUT2D eigenvalue weighted by Gasteiger charge is 2.19. The summed E-state index contributed by atoms with van der Waals surface area (Å²) >= 11 is 0. The largest absolute Gasteiger partial charge is 0.278 e. The summed E-state index contributed by atoms with van der Waals surface area (Å²) < 4.78 is 16.9. The monoisotopic (exact) mass is 378 g/mol. The van der Waals surface area contributed by atoms with Crippen LogP contribution in [0.4, 0.5) is 5.82 Å². The smallest absolute Gasteiger partial charge is 0.169 e. The molecule has 0 unspecified atom stereocenters. The molecule has 5 nitrogen and oxygen atoms in total. The van der Waals surface area contributed by atoms with Crippen molar-refractivity contribution in [2.24, 2.45) is 4.36 Å². The first-order valence-corrected chi connectivity index (χ1v) is 11.2. The Morgan fingerprint density at radius 1 is 1.07 bits per heavy atom. The molecule has 0 atom stereocenters. The number of nitrogens with one attached hydrogen (secondary N) is 1. The fourth-order valence-electron chi connectivity index (χ4n) is 3.36. The van der Waals surface area contributed by atoms with Crippen molar-refractivity contribution in [3.63, 3.8) is 0 Å². The van der Waals surface area contributed by atoms with Crippen LogP contribution in [0.3, 0.4) is 0 Å². The molecular weight excluding hydrogens is 356 g/mol. The maximum absolute atomic E-state index is 12.4. The summed E-state index contributed by atoms with van der Waals surface area (Å²) in [6.07, 6.45) is 5.09. The summed E-state index contributed by atoms with van der Waals surface area (Å²) in [7, 11) is -2.34. The second-order valence-electron chi connectivity index (χ2n) is 7.34. The van der Waals surface area contributed by atoms with Crippen LogP contribution in [0.15, 0.2) is 53.0 Å². The van der Waals surface area contributed by atoms with Crippen molar-refractivity contribution < 1.29 is 4.21 Å². The molecule has 2 aromatic heterocycles. The van der Waals surface area contributed by atoms with Gasteiger partial charge in [-0.05, 0) is 29.0 Å². The number of benzene rings is 2. The predicted molar refractivity (Wildman–Crippen MR) is 113 cm³/mol. The first kappa shape index (κ1) is 17.7. The summed E-state index contributed by atoms with van der Waals surface area (Å²) in [5.41, 5.74) is 4.08. The topological polar surface area (TPSA) is 71.0 Å². The molecule has 0 saturated carbocycles. The van der Waals surface area contributed by atoms with Crippen LogP contribution >= 0.6 is 0 Å². The van der Waals surface area contributed by atoms with Gasteiger partial charge in [-0.2, -0.15) is 9.46 Å². The highest BCUT2D eigenvalue weighted by molar-refractivity contribution is 7.92. The second-order valence-corrected chi connectivity index (χ2v) is 9.89. The minimum Gasteiger partial charge on any atom is -0.278 e. The molecule has 0 saturated heterocycles. The Morgan fingerprint density at radius 2 is 1.81 bits per heavy atom. The third kappa shape index (κ3) is 3.32. The van der Waals surface area contributed by atoms with Gasteiger partial charge in [0.1, 0.15) is 0 Å². The fraction of sp³-hybridized carbons (Fsp3) is 0.238. The Balaban J connectivity index is 2.23. The zero-order chi connectivity index (χ0) is 19.2. The third-order valence-electron chi connectivity index (χ3n) is 4.49. The van der Waals surface area contributed by atoms with Crippen LogP contribution < -0.4 is 0 Å². The average molecular weight is 379 g/mol. The van der Waals surface area contributed by atoms with Gasteiger partial charge in [0.15, 0.2) is 5.82 Å². The molecule has 0 aliphatic rings. The van der Waals surface area contributed by atoms with E-state index in [0.29, 0.717) is 5.82 Å². The van der Waals surface area contributed by atoms with E-state index >= 15 is 0 Å². The van der Waals surface area contributed by atoms with Crippen molar-refractivity contribution in [3.8, 4) is 11.1 Å². The van der Waals surface area contributed by atoms with Crippen LogP contribution in [0.25, 0.3) is 32.8 Å². The Labute approximate surface area is 159 Å². The Bertz CT molecular complexity index is 1260. The van der Waals surface area contributed by atoms with Crippen LogP contribution in [0.2, 0.25) is 0 Å². The molecule has 0 aliphatic heterocycles. The molecule has 4 aromatic rings. The number of hydrogen-bond donors (Lipinski definition) is 1. The fourth-order valence-corrected chi connectivity index (χ4v) is 3.91. The highest BCUT2D eigenvalue weighted by atomic mass is 32.2. The van der Waals surface area contributed by atoms with E-state index in [0.717, 1.165) is 38.5 Å². The molecule has 138 valence electrons. The number of aromatic amines is 1. The van der Waals surface area contributed by atoms with Gasteiger partial charge in [0.05, 0.1) is 17.4 Å². The van der Waals surface area contributed by atoms with Gasteiger partial charge in [0.2, 0.25) is 0 Å². The van der Waals surface area contributed by atoms with Crippen molar-refractivity contribution >= 4 is 37.2 Å². The maximum atomic E-state index is 12.4. The molecule has 0 bridgehead atoms. The van der Waals surface area contributed by atoms with E-state index in [1.807, 2.05) is 30.5 Å². The quantitative estimate of drug-likeness (QED) is 0.528. The molecular formula is C21H22N4OS. The zero-order valence-electron chi connectivity index (χ0n) is 15.9. The summed E-state index contributed by atoms with van der Waals surface area (Å²) in [6, 6.07) is 14.4. The van der Waals surface area contributed by atoms with E-state index in [1.54, 1.807) is 12.5 Å². The third-order valence-corrected chi connectivity index (χ3v) is 5.10. The number of rotatable bonds is 3. The molecule has 0 aliphatic carbocycles. The molecule has 0 fully saturated rings. The van der Waals surface area contributed by atoms with E-state index in [2.05, 4.69) is 46.6 Å². The summed E-state index contributed by atoms with van der Waals surface area (Å²) in [6.45, 7) is 4.24. The van der Waals surface area contributed by atoms with Crippen LogP contribution in [0.1, 0.15) is 25.5 Å². The summed E-state index contributed by atoms with van der Waals surface area (Å²) in [4.78, 5) is 4.87. The SMILES string of the molecule is CC(C)c1nc(N=S(C)(C)=O)c2cc3[nH]ncc3cc2c1-c1ccccc1. The lowest BCUT2D eigenvalue weighted by atomic mass is 9.92. The van der Waals surface area contributed by atoms with Crippen molar-refractivity contribution in [2.75, 3.05) is 12.5 Å². The lowest BCUT2D eigenvalue weighted by molar-refractivity contribution is 0.684. The van der Waals surface area contributed by atoms with Crippen LogP contribution in [0, 0.1) is 0 Å². The Morgan fingerprint density at radius 3 is 2.48 bits per heavy atom. The molecule has 2 heterocycles. The number of fused-ring (bicyclic) bond motifs is 2. The van der Waals surface area contributed by atoms with Gasteiger partial charge in [-0.3, -0.25) is 5.10 Å². The minimum atomic E-state index is -2.34. The van der Waals surface area contributed by atoms with Crippen LogP contribution in [0.5, 0.6) is 0 Å². The number of pyridine rings is 1. The van der Waals surface area contributed by atoms with Crippen LogP contribution in [-0.2, 0) is 9.73 Å². The van der Waals surface area contributed by atoms with Gasteiger partial charge in [-0.15, -0.1) is 0 Å². The van der Waals surface area contributed by atoms with E-state index in [9.17, 15) is 4.21 Å². The molecule has 2 aromatic carbocycles. The minimum absolute atomic E-state index is 0.198. The molecule has 0 amide bonds. The van der Waals surface area contributed by atoms with Gasteiger partial charge in [0, 0.05) is 38.6 Å². The normalized spacial score (nSPS) is 12.2. The molecule has 4 rings (SSSR count). The Hall–Kier alpha value is -2.73. The summed E-state index contributed by atoms with van der Waals surface area (Å²) in [5, 5.41) is 10.1. The number of H-pyrrole nitrogens is 1. The standard InChI is InChI=1S/C21H22N4OS/c1-13(2)20-19(14-8-6-5-7-9-14)16-10-15-12-22-24-18(15)11-17(16)21(23-20)25-27(3,4)26/h5-13H,1-4H3,(H,22,24). The van der Waals surface area contributed by atoms with Gasteiger partial charge in [0.25, 0.3) is 0 Å². The maximum Gasteiger partial charge on any atom is 0.169 e. The van der Waals surface area contributed by atoms with Crippen molar-refractivity contribution in [1.29, 1.82) is 0 Å². The lowest BCUT2D eigenvalue weighted by Crippen LogP contribution is -2.00. The Kier molecular flexibility index (Phi) is 4.23. The number of aromatic nitrogens is 3. The van der Waals surface area contributed by atoms with Gasteiger partial charge < -0.3 is 0 Å². The number of hydrogen-bond acceptors (Lipinski definition) is 4. The van der Waals surface area contributed by atoms with Gasteiger partial charge >= 0.3 is 0 Å². The first-order chi connectivity index (χ1) is 12.8. The average Bonchev–Trinajstić information content (AvgIpc) is 3.06. The van der Waals surface area contributed by atoms with E-state index in [1.165, 1.54) is 0 Å². The van der Waals surface area contributed by atoms with E-state index in [-0.39, 0.29) is 5.92 Å². The van der Waals surface area contributed by atoms with E-state index < -0.39 is 9.73 Å². The molecule has 1 N–H and O–H groups in total. The van der Waals surface area contributed by atoms with E-state index in [4.69, 9.17) is 4.98 Å². The van der Waals surface area contributed by atoms with Gasteiger partial charge in [-0.1, -0.05) is 44.2 Å². The highest BCUT2D eigenvalue weighted by Crippen LogP contribution is 2.40. The zero-order valence-corrected chi connectivity index (χ0v) is 16.7. The second kappa shape index (κ2) is 6.46. The van der Waals surface area contributed by atoms with Crippen molar-refractivity contribution in [2.45, 2.75) is 19.8 Å². The lowest BCUT2D eigenvalue weighted by Gasteiger charge is -2.17.